The first-order valence-corrected chi connectivity index (χ1v) is 5.14. The third-order valence-corrected chi connectivity index (χ3v) is 2.47. The molecule has 1 amide bonds. The summed E-state index contributed by atoms with van der Waals surface area (Å²) >= 11 is 0. The molecule has 0 bridgehead atoms. The zero-order chi connectivity index (χ0) is 12.3. The van der Waals surface area contributed by atoms with Crippen molar-refractivity contribution in [2.24, 2.45) is 5.73 Å². The number of carbonyl (C=O) groups excluding carboxylic acids is 1. The molecule has 4 heteroatoms. The maximum atomic E-state index is 12.8. The Bertz CT molecular complexity index is 511. The minimum absolute atomic E-state index is 0.349. The van der Waals surface area contributed by atoms with Crippen LogP contribution in [0.5, 0.6) is 0 Å². The second-order valence-corrected chi connectivity index (χ2v) is 3.64. The van der Waals surface area contributed by atoms with Crippen LogP contribution in [0, 0.1) is 5.82 Å². The van der Waals surface area contributed by atoms with Crippen LogP contribution in [0.3, 0.4) is 0 Å². The molecule has 3 nitrogen and oxygen atoms in total. The number of nitrogens with two attached hydrogens (primary N) is 1. The SMILES string of the molecule is NC(=O)C(c1ccc(F)cc1)c1ccccn1. The van der Waals surface area contributed by atoms with Crippen LogP contribution in [0.1, 0.15) is 17.2 Å². The molecule has 2 N–H and O–H groups in total. The Morgan fingerprint density at radius 1 is 1.18 bits per heavy atom. The van der Waals surface area contributed by atoms with Crippen molar-refractivity contribution in [2.45, 2.75) is 5.92 Å². The van der Waals surface area contributed by atoms with E-state index in [4.69, 9.17) is 5.73 Å². The molecule has 0 aliphatic rings. The normalized spacial score (nSPS) is 12.1. The number of benzene rings is 1. The van der Waals surface area contributed by atoms with Crippen molar-refractivity contribution in [1.29, 1.82) is 0 Å². The van der Waals surface area contributed by atoms with Crippen molar-refractivity contribution in [2.75, 3.05) is 0 Å². The molecule has 0 spiro atoms. The van der Waals surface area contributed by atoms with Gasteiger partial charge in [-0.05, 0) is 29.8 Å². The predicted octanol–water partition coefficient (Wildman–Crippen LogP) is 1.84. The van der Waals surface area contributed by atoms with Crippen LogP contribution in [0.15, 0.2) is 48.7 Å². The number of halogens is 1. The van der Waals surface area contributed by atoms with Crippen molar-refractivity contribution < 1.29 is 9.18 Å². The minimum atomic E-state index is -0.642. The number of amides is 1. The molecule has 17 heavy (non-hydrogen) atoms. The Morgan fingerprint density at radius 3 is 2.41 bits per heavy atom. The van der Waals surface area contributed by atoms with Crippen LogP contribution in [-0.2, 0) is 4.79 Å². The van der Waals surface area contributed by atoms with Crippen molar-refractivity contribution in [3.05, 3.63) is 65.7 Å². The first-order valence-electron chi connectivity index (χ1n) is 5.14. The number of pyridine rings is 1. The number of carbonyl (C=O) groups is 1. The molecule has 2 aromatic rings. The van der Waals surface area contributed by atoms with E-state index in [1.54, 1.807) is 36.5 Å². The van der Waals surface area contributed by atoms with E-state index in [-0.39, 0.29) is 5.82 Å². The summed E-state index contributed by atoms with van der Waals surface area (Å²) in [6, 6.07) is 10.9. The van der Waals surface area contributed by atoms with Gasteiger partial charge in [-0.2, -0.15) is 0 Å². The summed E-state index contributed by atoms with van der Waals surface area (Å²) in [5, 5.41) is 0. The van der Waals surface area contributed by atoms with E-state index >= 15 is 0 Å². The molecule has 0 aliphatic carbocycles. The van der Waals surface area contributed by atoms with Gasteiger partial charge in [0.2, 0.25) is 5.91 Å². The van der Waals surface area contributed by atoms with Gasteiger partial charge in [0.15, 0.2) is 0 Å². The van der Waals surface area contributed by atoms with Crippen LogP contribution in [-0.4, -0.2) is 10.9 Å². The quantitative estimate of drug-likeness (QED) is 0.874. The summed E-state index contributed by atoms with van der Waals surface area (Å²) in [6.45, 7) is 0. The zero-order valence-electron chi connectivity index (χ0n) is 9.01. The van der Waals surface area contributed by atoms with Gasteiger partial charge in [0.05, 0.1) is 5.69 Å². The highest BCUT2D eigenvalue weighted by atomic mass is 19.1. The van der Waals surface area contributed by atoms with Crippen LogP contribution < -0.4 is 5.73 Å². The summed E-state index contributed by atoms with van der Waals surface area (Å²) in [7, 11) is 0. The van der Waals surface area contributed by atoms with Crippen LogP contribution in [0.2, 0.25) is 0 Å². The summed E-state index contributed by atoms with van der Waals surface area (Å²) in [5.41, 5.74) is 6.56. The smallest absolute Gasteiger partial charge is 0.231 e. The van der Waals surface area contributed by atoms with Crippen molar-refractivity contribution in [3.8, 4) is 0 Å². The molecule has 0 radical (unpaired) electrons. The van der Waals surface area contributed by atoms with E-state index in [2.05, 4.69) is 4.98 Å². The molecule has 0 saturated carbocycles. The molecule has 1 heterocycles. The maximum absolute atomic E-state index is 12.8. The number of aromatic nitrogens is 1. The Morgan fingerprint density at radius 2 is 1.88 bits per heavy atom. The fourth-order valence-corrected chi connectivity index (χ4v) is 1.68. The molecule has 1 atom stereocenters. The molecular weight excluding hydrogens is 219 g/mol. The average Bonchev–Trinajstić information content (AvgIpc) is 2.33. The van der Waals surface area contributed by atoms with Gasteiger partial charge in [0.1, 0.15) is 11.7 Å². The van der Waals surface area contributed by atoms with Gasteiger partial charge in [-0.15, -0.1) is 0 Å². The Kier molecular flexibility index (Phi) is 3.14. The largest absolute Gasteiger partial charge is 0.369 e. The van der Waals surface area contributed by atoms with Gasteiger partial charge >= 0.3 is 0 Å². The number of hydrogen-bond acceptors (Lipinski definition) is 2. The summed E-state index contributed by atoms with van der Waals surface area (Å²) in [4.78, 5) is 15.6. The van der Waals surface area contributed by atoms with E-state index in [1.165, 1.54) is 12.1 Å². The summed E-state index contributed by atoms with van der Waals surface area (Å²) < 4.78 is 12.8. The van der Waals surface area contributed by atoms with Gasteiger partial charge in [0.25, 0.3) is 0 Å². The maximum Gasteiger partial charge on any atom is 0.231 e. The van der Waals surface area contributed by atoms with E-state index in [9.17, 15) is 9.18 Å². The average molecular weight is 230 g/mol. The Hall–Kier alpha value is -2.23. The van der Waals surface area contributed by atoms with Crippen LogP contribution >= 0.6 is 0 Å². The Labute approximate surface area is 98.1 Å². The monoisotopic (exact) mass is 230 g/mol. The number of primary amides is 1. The lowest BCUT2D eigenvalue weighted by Crippen LogP contribution is -2.23. The molecule has 0 fully saturated rings. The highest BCUT2D eigenvalue weighted by Gasteiger charge is 2.21. The summed E-state index contributed by atoms with van der Waals surface area (Å²) in [6.07, 6.45) is 1.59. The molecule has 1 unspecified atom stereocenters. The lowest BCUT2D eigenvalue weighted by Gasteiger charge is -2.12. The third-order valence-electron chi connectivity index (χ3n) is 2.47. The van der Waals surface area contributed by atoms with Gasteiger partial charge < -0.3 is 5.73 Å². The van der Waals surface area contributed by atoms with Crippen LogP contribution in [0.4, 0.5) is 4.39 Å². The minimum Gasteiger partial charge on any atom is -0.369 e. The standard InChI is InChI=1S/C13H11FN2O/c14-10-6-4-9(5-7-10)12(13(15)17)11-3-1-2-8-16-11/h1-8,12H,(H2,15,17). The van der Waals surface area contributed by atoms with Crippen molar-refractivity contribution in [3.63, 3.8) is 0 Å². The molecular formula is C13H11FN2O. The van der Waals surface area contributed by atoms with Gasteiger partial charge in [-0.25, -0.2) is 4.39 Å². The van der Waals surface area contributed by atoms with Gasteiger partial charge in [0, 0.05) is 6.20 Å². The lowest BCUT2D eigenvalue weighted by atomic mass is 9.94. The Balaban J connectivity index is 2.43. The van der Waals surface area contributed by atoms with E-state index in [0.717, 1.165) is 0 Å². The van der Waals surface area contributed by atoms with Gasteiger partial charge in [-0.1, -0.05) is 18.2 Å². The number of rotatable bonds is 3. The number of nitrogens with zero attached hydrogens (tertiary/aromatic N) is 1. The molecule has 1 aromatic carbocycles. The molecule has 0 aliphatic heterocycles. The second kappa shape index (κ2) is 4.74. The summed E-state index contributed by atoms with van der Waals surface area (Å²) in [5.74, 6) is -1.50. The molecule has 0 saturated heterocycles. The van der Waals surface area contributed by atoms with Crippen molar-refractivity contribution >= 4 is 5.91 Å². The fourth-order valence-electron chi connectivity index (χ4n) is 1.68. The fraction of sp³-hybridized carbons (Fsp3) is 0.0769. The predicted molar refractivity (Wildman–Crippen MR) is 61.7 cm³/mol. The first-order chi connectivity index (χ1) is 8.18. The molecule has 2 rings (SSSR count). The molecule has 1 aromatic heterocycles. The molecule has 86 valence electrons. The van der Waals surface area contributed by atoms with E-state index in [1.807, 2.05) is 0 Å². The third kappa shape index (κ3) is 2.47. The first kappa shape index (κ1) is 11.3. The number of hydrogen-bond donors (Lipinski definition) is 1. The zero-order valence-corrected chi connectivity index (χ0v) is 9.01. The second-order valence-electron chi connectivity index (χ2n) is 3.64. The van der Waals surface area contributed by atoms with E-state index < -0.39 is 11.8 Å². The van der Waals surface area contributed by atoms with E-state index in [0.29, 0.717) is 11.3 Å². The highest BCUT2D eigenvalue weighted by molar-refractivity contribution is 5.85. The lowest BCUT2D eigenvalue weighted by molar-refractivity contribution is -0.118. The van der Waals surface area contributed by atoms with Gasteiger partial charge in [-0.3, -0.25) is 9.78 Å². The highest BCUT2D eigenvalue weighted by Crippen LogP contribution is 2.22. The topological polar surface area (TPSA) is 56.0 Å². The van der Waals surface area contributed by atoms with Crippen LogP contribution in [0.25, 0.3) is 0 Å². The van der Waals surface area contributed by atoms with Crippen molar-refractivity contribution in [1.82, 2.24) is 4.98 Å².